The standard InChI is InChI=1S/C20H30O5/c1-15(2)19(21)13-17-6-5-7-18(12-17)25-11-10-23-8-9-24-14-20(22)16(3)4/h5-7,12,15-16H,8-11,13-14H2,1-4H3. The molecule has 1 rings (SSSR count). The Hall–Kier alpha value is -1.72. The van der Waals surface area contributed by atoms with Gasteiger partial charge < -0.3 is 14.2 Å². The summed E-state index contributed by atoms with van der Waals surface area (Å²) in [6.07, 6.45) is 0.428. The van der Waals surface area contributed by atoms with Gasteiger partial charge in [-0.3, -0.25) is 9.59 Å². The van der Waals surface area contributed by atoms with Gasteiger partial charge in [0.05, 0.1) is 19.8 Å². The van der Waals surface area contributed by atoms with Crippen molar-refractivity contribution in [3.05, 3.63) is 29.8 Å². The molecule has 0 unspecified atom stereocenters. The zero-order valence-electron chi connectivity index (χ0n) is 15.7. The highest BCUT2D eigenvalue weighted by Crippen LogP contribution is 2.15. The Morgan fingerprint density at radius 1 is 0.880 bits per heavy atom. The van der Waals surface area contributed by atoms with E-state index in [0.29, 0.717) is 32.8 Å². The first-order valence-electron chi connectivity index (χ1n) is 8.82. The van der Waals surface area contributed by atoms with Crippen molar-refractivity contribution in [1.29, 1.82) is 0 Å². The molecule has 0 aromatic heterocycles. The molecule has 140 valence electrons. The molecule has 0 aliphatic rings. The normalized spacial score (nSPS) is 11.1. The van der Waals surface area contributed by atoms with Crippen molar-refractivity contribution in [2.45, 2.75) is 34.1 Å². The topological polar surface area (TPSA) is 61.8 Å². The monoisotopic (exact) mass is 350 g/mol. The minimum atomic E-state index is 0.000846. The molecule has 0 saturated carbocycles. The van der Waals surface area contributed by atoms with Crippen LogP contribution in [-0.4, -0.2) is 44.6 Å². The molecule has 5 nitrogen and oxygen atoms in total. The highest BCUT2D eigenvalue weighted by Gasteiger charge is 2.09. The van der Waals surface area contributed by atoms with Gasteiger partial charge in [-0.1, -0.05) is 39.8 Å². The Bertz CT molecular complexity index is 537. The van der Waals surface area contributed by atoms with Gasteiger partial charge in [-0.05, 0) is 17.7 Å². The van der Waals surface area contributed by atoms with Crippen LogP contribution in [-0.2, 0) is 25.5 Å². The molecule has 0 atom stereocenters. The van der Waals surface area contributed by atoms with Gasteiger partial charge in [-0.2, -0.15) is 0 Å². The lowest BCUT2D eigenvalue weighted by molar-refractivity contribution is -0.127. The van der Waals surface area contributed by atoms with Crippen LogP contribution in [0.1, 0.15) is 33.3 Å². The van der Waals surface area contributed by atoms with Crippen molar-refractivity contribution in [2.24, 2.45) is 11.8 Å². The summed E-state index contributed by atoms with van der Waals surface area (Å²) >= 11 is 0. The molecule has 0 amide bonds. The van der Waals surface area contributed by atoms with Crippen LogP contribution < -0.4 is 4.74 Å². The van der Waals surface area contributed by atoms with Gasteiger partial charge in [0, 0.05) is 18.3 Å². The number of ketones is 2. The Morgan fingerprint density at radius 3 is 2.20 bits per heavy atom. The fraction of sp³-hybridized carbons (Fsp3) is 0.600. The molecule has 0 spiro atoms. The molecule has 0 heterocycles. The van der Waals surface area contributed by atoms with Crippen molar-refractivity contribution in [1.82, 2.24) is 0 Å². The second-order valence-corrected chi connectivity index (χ2v) is 6.58. The third kappa shape index (κ3) is 9.37. The summed E-state index contributed by atoms with van der Waals surface area (Å²) in [6, 6.07) is 7.57. The third-order valence-corrected chi connectivity index (χ3v) is 3.68. The molecule has 0 bridgehead atoms. The van der Waals surface area contributed by atoms with E-state index in [1.54, 1.807) is 0 Å². The largest absolute Gasteiger partial charge is 0.491 e. The minimum Gasteiger partial charge on any atom is -0.491 e. The van der Waals surface area contributed by atoms with Crippen LogP contribution in [0.5, 0.6) is 5.75 Å². The molecule has 0 aliphatic carbocycles. The van der Waals surface area contributed by atoms with E-state index < -0.39 is 0 Å². The van der Waals surface area contributed by atoms with Crippen LogP contribution in [0.4, 0.5) is 0 Å². The van der Waals surface area contributed by atoms with E-state index >= 15 is 0 Å². The number of Topliss-reactive ketones (excluding diaryl/α,β-unsaturated/α-hetero) is 2. The van der Waals surface area contributed by atoms with E-state index in [1.807, 2.05) is 52.0 Å². The number of benzene rings is 1. The van der Waals surface area contributed by atoms with Crippen molar-refractivity contribution in [3.8, 4) is 5.75 Å². The van der Waals surface area contributed by atoms with Crippen LogP contribution in [0.15, 0.2) is 24.3 Å². The third-order valence-electron chi connectivity index (χ3n) is 3.68. The highest BCUT2D eigenvalue weighted by atomic mass is 16.5. The van der Waals surface area contributed by atoms with Crippen LogP contribution in [0.25, 0.3) is 0 Å². The van der Waals surface area contributed by atoms with E-state index in [2.05, 4.69) is 0 Å². The zero-order chi connectivity index (χ0) is 18.7. The minimum absolute atomic E-state index is 0.000846. The van der Waals surface area contributed by atoms with Crippen molar-refractivity contribution in [3.63, 3.8) is 0 Å². The number of hydrogen-bond acceptors (Lipinski definition) is 5. The summed E-state index contributed by atoms with van der Waals surface area (Å²) in [6.45, 7) is 9.34. The lowest BCUT2D eigenvalue weighted by Crippen LogP contribution is -2.17. The van der Waals surface area contributed by atoms with Gasteiger partial charge in [0.25, 0.3) is 0 Å². The zero-order valence-corrected chi connectivity index (χ0v) is 15.7. The predicted octanol–water partition coefficient (Wildman–Crippen LogP) is 3.09. The van der Waals surface area contributed by atoms with E-state index in [-0.39, 0.29) is 30.0 Å². The molecule has 5 heteroatoms. The molecule has 25 heavy (non-hydrogen) atoms. The van der Waals surface area contributed by atoms with E-state index in [9.17, 15) is 9.59 Å². The van der Waals surface area contributed by atoms with Gasteiger partial charge >= 0.3 is 0 Å². The molecule has 0 saturated heterocycles. The number of carbonyl (C=O) groups excluding carboxylic acids is 2. The van der Waals surface area contributed by atoms with Gasteiger partial charge in [0.1, 0.15) is 24.7 Å². The molecule has 0 N–H and O–H groups in total. The lowest BCUT2D eigenvalue weighted by Gasteiger charge is -2.10. The first kappa shape index (κ1) is 21.3. The summed E-state index contributed by atoms with van der Waals surface area (Å²) in [5, 5.41) is 0. The molecule has 1 aromatic carbocycles. The molecule has 1 aromatic rings. The smallest absolute Gasteiger partial charge is 0.160 e. The molecular formula is C20H30O5. The van der Waals surface area contributed by atoms with Gasteiger partial charge in [0.2, 0.25) is 0 Å². The van der Waals surface area contributed by atoms with Gasteiger partial charge in [0.15, 0.2) is 5.78 Å². The Morgan fingerprint density at radius 2 is 1.52 bits per heavy atom. The number of rotatable bonds is 13. The van der Waals surface area contributed by atoms with Crippen LogP contribution in [0.3, 0.4) is 0 Å². The van der Waals surface area contributed by atoms with Crippen LogP contribution in [0, 0.1) is 11.8 Å². The molecule has 0 fully saturated rings. The van der Waals surface area contributed by atoms with Gasteiger partial charge in [-0.15, -0.1) is 0 Å². The molecule has 0 radical (unpaired) electrons. The lowest BCUT2D eigenvalue weighted by atomic mass is 10.0. The average molecular weight is 350 g/mol. The maximum absolute atomic E-state index is 11.8. The summed E-state index contributed by atoms with van der Waals surface area (Å²) in [5.74, 6) is 1.09. The quantitative estimate of drug-likeness (QED) is 0.512. The van der Waals surface area contributed by atoms with Crippen molar-refractivity contribution >= 4 is 11.6 Å². The SMILES string of the molecule is CC(C)C(=O)COCCOCCOc1cccc(CC(=O)C(C)C)c1. The van der Waals surface area contributed by atoms with E-state index in [1.165, 1.54) is 0 Å². The van der Waals surface area contributed by atoms with Gasteiger partial charge in [-0.25, -0.2) is 0 Å². The van der Waals surface area contributed by atoms with Crippen molar-refractivity contribution < 1.29 is 23.8 Å². The van der Waals surface area contributed by atoms with Crippen LogP contribution >= 0.6 is 0 Å². The Balaban J connectivity index is 2.16. The maximum atomic E-state index is 11.8. The maximum Gasteiger partial charge on any atom is 0.160 e. The summed E-state index contributed by atoms with van der Waals surface area (Å²) in [7, 11) is 0. The Labute approximate surface area is 150 Å². The highest BCUT2D eigenvalue weighted by molar-refractivity contribution is 5.82. The van der Waals surface area contributed by atoms with E-state index in [0.717, 1.165) is 11.3 Å². The molecule has 0 aliphatic heterocycles. The fourth-order valence-corrected chi connectivity index (χ4v) is 1.93. The predicted molar refractivity (Wildman–Crippen MR) is 97.0 cm³/mol. The number of ether oxygens (including phenoxy) is 3. The summed E-state index contributed by atoms with van der Waals surface area (Å²) < 4.78 is 16.3. The summed E-state index contributed by atoms with van der Waals surface area (Å²) in [5.41, 5.74) is 0.959. The second kappa shape index (κ2) is 11.8. The average Bonchev–Trinajstić information content (AvgIpc) is 2.57. The van der Waals surface area contributed by atoms with Crippen molar-refractivity contribution in [2.75, 3.05) is 33.0 Å². The Kier molecular flexibility index (Phi) is 10.0. The second-order valence-electron chi connectivity index (χ2n) is 6.58. The fourth-order valence-electron chi connectivity index (χ4n) is 1.93. The van der Waals surface area contributed by atoms with Crippen LogP contribution in [0.2, 0.25) is 0 Å². The first-order valence-corrected chi connectivity index (χ1v) is 8.82. The summed E-state index contributed by atoms with van der Waals surface area (Å²) in [4.78, 5) is 23.2. The molecular weight excluding hydrogens is 320 g/mol. The number of hydrogen-bond donors (Lipinski definition) is 0. The number of carbonyl (C=O) groups is 2. The van der Waals surface area contributed by atoms with E-state index in [4.69, 9.17) is 14.2 Å². The first-order chi connectivity index (χ1) is 11.9.